The van der Waals surface area contributed by atoms with Crippen molar-refractivity contribution < 1.29 is 4.79 Å². The van der Waals surface area contributed by atoms with Gasteiger partial charge in [0.15, 0.2) is 5.78 Å². The zero-order valence-electron chi connectivity index (χ0n) is 17.5. The van der Waals surface area contributed by atoms with E-state index in [0.717, 1.165) is 12.0 Å². The highest BCUT2D eigenvalue weighted by molar-refractivity contribution is 5.96. The third-order valence-electron chi connectivity index (χ3n) is 3.31. The highest BCUT2D eigenvalue weighted by Crippen LogP contribution is 2.10. The first-order chi connectivity index (χ1) is 11.6. The van der Waals surface area contributed by atoms with E-state index in [-0.39, 0.29) is 5.78 Å². The van der Waals surface area contributed by atoms with Crippen LogP contribution >= 0.6 is 0 Å². The molecule has 142 valence electrons. The van der Waals surface area contributed by atoms with Gasteiger partial charge >= 0.3 is 0 Å². The fourth-order valence-electron chi connectivity index (χ4n) is 2.11. The second-order valence-corrected chi connectivity index (χ2v) is 6.38. The van der Waals surface area contributed by atoms with Gasteiger partial charge in [0.1, 0.15) is 0 Å². The van der Waals surface area contributed by atoms with Crippen molar-refractivity contribution in [1.82, 2.24) is 0 Å². The van der Waals surface area contributed by atoms with E-state index in [0.29, 0.717) is 17.8 Å². The van der Waals surface area contributed by atoms with Crippen LogP contribution < -0.4 is 11.5 Å². The molecular formula is C22H38N2O. The molecule has 0 fully saturated rings. The molecule has 0 aliphatic heterocycles. The summed E-state index contributed by atoms with van der Waals surface area (Å²) in [5.74, 6) is 0.0646. The van der Waals surface area contributed by atoms with Crippen molar-refractivity contribution in [2.24, 2.45) is 11.5 Å². The number of allylic oxidation sites excluding steroid dienone is 4. The maximum absolute atomic E-state index is 11.0. The van der Waals surface area contributed by atoms with Crippen LogP contribution in [0.3, 0.4) is 0 Å². The lowest BCUT2D eigenvalue weighted by Crippen LogP contribution is -1.99. The first-order valence-electron chi connectivity index (χ1n) is 9.04. The number of hydrogen-bond acceptors (Lipinski definition) is 3. The molecule has 25 heavy (non-hydrogen) atoms. The summed E-state index contributed by atoms with van der Waals surface area (Å²) >= 11 is 0. The van der Waals surface area contributed by atoms with E-state index in [1.54, 1.807) is 19.9 Å². The van der Waals surface area contributed by atoms with E-state index in [1.807, 2.05) is 13.8 Å². The monoisotopic (exact) mass is 346 g/mol. The van der Waals surface area contributed by atoms with Crippen LogP contribution in [0.4, 0.5) is 0 Å². The van der Waals surface area contributed by atoms with Gasteiger partial charge in [0, 0.05) is 17.8 Å². The van der Waals surface area contributed by atoms with Crippen molar-refractivity contribution in [2.45, 2.75) is 74.8 Å². The number of rotatable bonds is 4. The molecule has 0 spiro atoms. The van der Waals surface area contributed by atoms with Gasteiger partial charge in [0.05, 0.1) is 0 Å². The molecule has 0 heterocycles. The molecule has 1 rings (SSSR count). The minimum atomic E-state index is 0.0646. The summed E-state index contributed by atoms with van der Waals surface area (Å²) in [6.07, 6.45) is 4.06. The highest BCUT2D eigenvalue weighted by atomic mass is 16.1. The van der Waals surface area contributed by atoms with E-state index in [2.05, 4.69) is 45.9 Å². The Morgan fingerprint density at radius 2 is 1.60 bits per heavy atom. The van der Waals surface area contributed by atoms with E-state index in [4.69, 9.17) is 11.5 Å². The highest BCUT2D eigenvalue weighted by Gasteiger charge is 2.01. The molecule has 0 atom stereocenters. The van der Waals surface area contributed by atoms with E-state index in [9.17, 15) is 4.79 Å². The molecule has 4 N–H and O–H groups in total. The Kier molecular flexibility index (Phi) is 14.7. The third kappa shape index (κ3) is 12.2. The lowest BCUT2D eigenvalue weighted by Gasteiger charge is -2.04. The number of hydrogen-bond donors (Lipinski definition) is 2. The van der Waals surface area contributed by atoms with Gasteiger partial charge in [-0.1, -0.05) is 51.0 Å². The molecule has 1 aromatic carbocycles. The largest absolute Gasteiger partial charge is 0.402 e. The second kappa shape index (κ2) is 14.5. The zero-order chi connectivity index (χ0) is 20.0. The van der Waals surface area contributed by atoms with Crippen molar-refractivity contribution in [3.05, 3.63) is 57.8 Å². The summed E-state index contributed by atoms with van der Waals surface area (Å²) in [4.78, 5) is 11.0. The van der Waals surface area contributed by atoms with Crippen LogP contribution in [0.15, 0.2) is 41.1 Å². The average Bonchev–Trinajstić information content (AvgIpc) is 2.53. The van der Waals surface area contributed by atoms with Gasteiger partial charge in [-0.3, -0.25) is 4.79 Å². The van der Waals surface area contributed by atoms with E-state index < -0.39 is 0 Å². The van der Waals surface area contributed by atoms with Crippen molar-refractivity contribution >= 4 is 5.78 Å². The van der Waals surface area contributed by atoms with E-state index in [1.165, 1.54) is 23.1 Å². The molecule has 3 nitrogen and oxygen atoms in total. The topological polar surface area (TPSA) is 69.1 Å². The maximum Gasteiger partial charge on any atom is 0.159 e. The first-order valence-corrected chi connectivity index (χ1v) is 9.04. The van der Waals surface area contributed by atoms with Crippen LogP contribution in [0, 0.1) is 6.92 Å². The lowest BCUT2D eigenvalue weighted by atomic mass is 10.0. The van der Waals surface area contributed by atoms with Crippen LogP contribution in [0.2, 0.25) is 0 Å². The summed E-state index contributed by atoms with van der Waals surface area (Å²) in [6, 6.07) is 6.43. The van der Waals surface area contributed by atoms with Gasteiger partial charge in [-0.15, -0.1) is 0 Å². The maximum atomic E-state index is 11.0. The van der Waals surface area contributed by atoms with Gasteiger partial charge in [0.2, 0.25) is 0 Å². The van der Waals surface area contributed by atoms with Gasteiger partial charge < -0.3 is 11.5 Å². The standard InChI is InChI=1S/C10H15N.C9H15NO.C3H8/c1-3-10-5-4-9(7-11)6-8(10)2;1-6(2)9(8(4)11)5-7(3)10;1-3-2/h4-6H,3,7,11H2,1-2H3;5H,10H2,1-4H3;3H2,1-2H3/b;7-5-;. The Balaban J connectivity index is 0. The number of nitrogens with two attached hydrogens (primary N) is 2. The SMILES string of the molecule is CC(=O)C(/C=C(/C)N)=C(C)C.CCC.CCc1ccc(CN)cc1C. The Bertz CT molecular complexity index is 576. The van der Waals surface area contributed by atoms with Gasteiger partial charge in [-0.2, -0.15) is 0 Å². The fraction of sp³-hybridized carbons (Fsp3) is 0.500. The van der Waals surface area contributed by atoms with Gasteiger partial charge in [0.25, 0.3) is 0 Å². The Labute approximate surface area is 155 Å². The molecule has 0 aliphatic rings. The van der Waals surface area contributed by atoms with Crippen LogP contribution in [0.1, 0.15) is 71.6 Å². The van der Waals surface area contributed by atoms with Crippen LogP contribution in [0.5, 0.6) is 0 Å². The third-order valence-corrected chi connectivity index (χ3v) is 3.31. The summed E-state index contributed by atoms with van der Waals surface area (Å²) < 4.78 is 0. The van der Waals surface area contributed by atoms with Crippen molar-refractivity contribution in [2.75, 3.05) is 0 Å². The van der Waals surface area contributed by atoms with Gasteiger partial charge in [-0.25, -0.2) is 0 Å². The minimum Gasteiger partial charge on any atom is -0.402 e. The predicted octanol–water partition coefficient (Wildman–Crippen LogP) is 5.21. The predicted molar refractivity (Wildman–Crippen MR) is 111 cm³/mol. The number of aryl methyl sites for hydroxylation is 2. The first kappa shape index (κ1) is 25.4. The smallest absolute Gasteiger partial charge is 0.159 e. The van der Waals surface area contributed by atoms with Gasteiger partial charge in [-0.05, 0) is 63.8 Å². The van der Waals surface area contributed by atoms with Crippen molar-refractivity contribution in [1.29, 1.82) is 0 Å². The molecule has 0 saturated carbocycles. The molecule has 0 amide bonds. The summed E-state index contributed by atoms with van der Waals surface area (Å²) in [6.45, 7) is 16.3. The summed E-state index contributed by atoms with van der Waals surface area (Å²) in [7, 11) is 0. The minimum absolute atomic E-state index is 0.0646. The van der Waals surface area contributed by atoms with Crippen molar-refractivity contribution in [3.63, 3.8) is 0 Å². The average molecular weight is 347 g/mol. The second-order valence-electron chi connectivity index (χ2n) is 6.38. The normalized spacial score (nSPS) is 10.0. The van der Waals surface area contributed by atoms with E-state index >= 15 is 0 Å². The Hall–Kier alpha value is -1.87. The molecule has 3 heteroatoms. The molecule has 1 aromatic rings. The Morgan fingerprint density at radius 3 is 1.84 bits per heavy atom. The molecule has 0 aliphatic carbocycles. The summed E-state index contributed by atoms with van der Waals surface area (Å²) in [5.41, 5.74) is 17.3. The molecule has 0 unspecified atom stereocenters. The number of Topliss-reactive ketones (excluding diaryl/α,β-unsaturated/α-hetero) is 1. The number of benzene rings is 1. The molecule has 0 aromatic heterocycles. The molecule has 0 saturated heterocycles. The molecular weight excluding hydrogens is 308 g/mol. The number of ketones is 1. The Morgan fingerprint density at radius 1 is 1.08 bits per heavy atom. The van der Waals surface area contributed by atoms with Crippen LogP contribution in [-0.2, 0) is 17.8 Å². The molecule has 0 radical (unpaired) electrons. The zero-order valence-corrected chi connectivity index (χ0v) is 17.5. The van der Waals surface area contributed by atoms with Crippen LogP contribution in [-0.4, -0.2) is 5.78 Å². The fourth-order valence-corrected chi connectivity index (χ4v) is 2.11. The van der Waals surface area contributed by atoms with Crippen molar-refractivity contribution in [3.8, 4) is 0 Å². The summed E-state index contributed by atoms with van der Waals surface area (Å²) in [5, 5.41) is 0. The number of carbonyl (C=O) groups excluding carboxylic acids is 1. The number of carbonyl (C=O) groups is 1. The van der Waals surface area contributed by atoms with Crippen LogP contribution in [0.25, 0.3) is 0 Å². The quantitative estimate of drug-likeness (QED) is 0.581. The molecule has 0 bridgehead atoms. The lowest BCUT2D eigenvalue weighted by molar-refractivity contribution is -0.113.